The molecule has 1 heterocycles. The number of nitrogens with zero attached hydrogens (tertiary/aromatic N) is 4. The SMILES string of the molecule is CCC(=NOCCOc1cccc(CC(=O)O)c1)c1ccc(-n2cncn2)cc1. The average Bonchev–Trinajstić information content (AvgIpc) is 3.26. The summed E-state index contributed by atoms with van der Waals surface area (Å²) in [4.78, 5) is 20.1. The highest BCUT2D eigenvalue weighted by Gasteiger charge is 2.05. The molecule has 3 rings (SSSR count). The Morgan fingerprint density at radius 2 is 2.00 bits per heavy atom. The molecule has 1 N–H and O–H groups in total. The van der Waals surface area contributed by atoms with Crippen molar-refractivity contribution >= 4 is 11.7 Å². The van der Waals surface area contributed by atoms with E-state index in [9.17, 15) is 4.79 Å². The minimum absolute atomic E-state index is 0.0342. The second kappa shape index (κ2) is 10.0. The highest BCUT2D eigenvalue weighted by molar-refractivity contribution is 6.00. The molecule has 0 fully saturated rings. The molecule has 0 unspecified atom stereocenters. The van der Waals surface area contributed by atoms with E-state index in [1.165, 1.54) is 6.33 Å². The second-order valence-electron chi connectivity index (χ2n) is 6.18. The Bertz CT molecular complexity index is 953. The van der Waals surface area contributed by atoms with Gasteiger partial charge in [0.05, 0.1) is 17.8 Å². The van der Waals surface area contributed by atoms with Crippen LogP contribution >= 0.6 is 0 Å². The fourth-order valence-corrected chi connectivity index (χ4v) is 2.71. The number of rotatable bonds is 10. The van der Waals surface area contributed by atoms with E-state index in [1.54, 1.807) is 35.3 Å². The standard InChI is InChI=1S/C21H22N4O4/c1-2-20(17-6-8-18(9-7-17)25-15-22-14-23-25)24-29-11-10-28-19-5-3-4-16(12-19)13-21(26)27/h3-9,12,14-15H,2,10-11,13H2,1H3,(H,26,27). The van der Waals surface area contributed by atoms with Crippen LogP contribution in [0.4, 0.5) is 0 Å². The number of hydrogen-bond donors (Lipinski definition) is 1. The molecule has 2 aromatic carbocycles. The fourth-order valence-electron chi connectivity index (χ4n) is 2.71. The van der Waals surface area contributed by atoms with Crippen LogP contribution in [-0.2, 0) is 16.1 Å². The molecule has 0 saturated carbocycles. The van der Waals surface area contributed by atoms with Gasteiger partial charge in [0, 0.05) is 0 Å². The monoisotopic (exact) mass is 394 g/mol. The number of carboxylic acids is 1. The van der Waals surface area contributed by atoms with Crippen LogP contribution in [0.2, 0.25) is 0 Å². The normalized spacial score (nSPS) is 11.3. The predicted octanol–water partition coefficient (Wildman–Crippen LogP) is 3.10. The van der Waals surface area contributed by atoms with Gasteiger partial charge in [-0.25, -0.2) is 9.67 Å². The number of carboxylic acid groups (broad SMARTS) is 1. The topological polar surface area (TPSA) is 98.8 Å². The summed E-state index contributed by atoms with van der Waals surface area (Å²) >= 11 is 0. The molecular formula is C21H22N4O4. The first-order valence-corrected chi connectivity index (χ1v) is 9.23. The molecule has 150 valence electrons. The Morgan fingerprint density at radius 3 is 2.69 bits per heavy atom. The molecule has 0 saturated heterocycles. The van der Waals surface area contributed by atoms with Crippen molar-refractivity contribution in [3.05, 3.63) is 72.3 Å². The van der Waals surface area contributed by atoms with Crippen molar-refractivity contribution < 1.29 is 19.5 Å². The van der Waals surface area contributed by atoms with Gasteiger partial charge >= 0.3 is 5.97 Å². The molecule has 0 amide bonds. The Balaban J connectivity index is 1.50. The van der Waals surface area contributed by atoms with Gasteiger partial charge in [-0.2, -0.15) is 5.10 Å². The molecule has 0 atom stereocenters. The maximum absolute atomic E-state index is 10.8. The molecule has 0 spiro atoms. The van der Waals surface area contributed by atoms with Crippen molar-refractivity contribution in [2.75, 3.05) is 13.2 Å². The maximum Gasteiger partial charge on any atom is 0.307 e. The van der Waals surface area contributed by atoms with Crippen molar-refractivity contribution in [1.82, 2.24) is 14.8 Å². The lowest BCUT2D eigenvalue weighted by Gasteiger charge is -2.08. The Kier molecular flexibility index (Phi) is 6.94. The van der Waals surface area contributed by atoms with Crippen LogP contribution in [0.3, 0.4) is 0 Å². The summed E-state index contributed by atoms with van der Waals surface area (Å²) in [6.45, 7) is 2.60. The number of carbonyl (C=O) groups is 1. The van der Waals surface area contributed by atoms with Crippen molar-refractivity contribution in [3.63, 3.8) is 0 Å². The van der Waals surface area contributed by atoms with Gasteiger partial charge in [0.15, 0.2) is 6.61 Å². The first kappa shape index (κ1) is 20.1. The zero-order chi connectivity index (χ0) is 20.5. The van der Waals surface area contributed by atoms with E-state index in [2.05, 4.69) is 15.2 Å². The minimum atomic E-state index is -0.874. The third kappa shape index (κ3) is 5.90. The molecule has 0 aliphatic heterocycles. The smallest absolute Gasteiger partial charge is 0.307 e. The molecule has 0 radical (unpaired) electrons. The second-order valence-corrected chi connectivity index (χ2v) is 6.18. The highest BCUT2D eigenvalue weighted by atomic mass is 16.6. The molecule has 1 aromatic heterocycles. The van der Waals surface area contributed by atoms with E-state index < -0.39 is 5.97 Å². The minimum Gasteiger partial charge on any atom is -0.490 e. The number of ether oxygens (including phenoxy) is 1. The average molecular weight is 394 g/mol. The van der Waals surface area contributed by atoms with Crippen LogP contribution in [0, 0.1) is 0 Å². The summed E-state index contributed by atoms with van der Waals surface area (Å²) in [7, 11) is 0. The van der Waals surface area contributed by atoms with Crippen molar-refractivity contribution in [2.45, 2.75) is 19.8 Å². The van der Waals surface area contributed by atoms with E-state index >= 15 is 0 Å². The largest absolute Gasteiger partial charge is 0.490 e. The van der Waals surface area contributed by atoms with Gasteiger partial charge in [-0.15, -0.1) is 0 Å². The molecular weight excluding hydrogens is 372 g/mol. The quantitative estimate of drug-likeness (QED) is 0.322. The summed E-state index contributed by atoms with van der Waals surface area (Å²) in [6.07, 6.45) is 3.82. The lowest BCUT2D eigenvalue weighted by molar-refractivity contribution is -0.136. The Hall–Kier alpha value is -3.68. The summed E-state index contributed by atoms with van der Waals surface area (Å²) in [5.74, 6) is -0.267. The first-order chi connectivity index (χ1) is 14.2. The van der Waals surface area contributed by atoms with Crippen LogP contribution in [0.15, 0.2) is 66.3 Å². The van der Waals surface area contributed by atoms with E-state index in [0.717, 1.165) is 23.4 Å². The fraction of sp³-hybridized carbons (Fsp3) is 0.238. The van der Waals surface area contributed by atoms with Crippen LogP contribution in [0.5, 0.6) is 5.75 Å². The number of benzene rings is 2. The van der Waals surface area contributed by atoms with E-state index in [0.29, 0.717) is 17.9 Å². The number of oxime groups is 1. The van der Waals surface area contributed by atoms with Gasteiger partial charge in [-0.3, -0.25) is 4.79 Å². The lowest BCUT2D eigenvalue weighted by Crippen LogP contribution is -2.07. The van der Waals surface area contributed by atoms with Crippen LogP contribution in [0.25, 0.3) is 5.69 Å². The zero-order valence-corrected chi connectivity index (χ0v) is 16.1. The first-order valence-electron chi connectivity index (χ1n) is 9.23. The van der Waals surface area contributed by atoms with Crippen molar-refractivity contribution in [2.24, 2.45) is 5.16 Å². The molecule has 0 aliphatic carbocycles. The molecule has 29 heavy (non-hydrogen) atoms. The summed E-state index contributed by atoms with van der Waals surface area (Å²) in [5.41, 5.74) is 3.41. The van der Waals surface area contributed by atoms with Crippen LogP contribution in [0.1, 0.15) is 24.5 Å². The molecule has 0 bridgehead atoms. The summed E-state index contributed by atoms with van der Waals surface area (Å²) in [5, 5.41) is 17.2. The number of aromatic nitrogens is 3. The van der Waals surface area contributed by atoms with Gasteiger partial charge in [0.25, 0.3) is 0 Å². The molecule has 3 aromatic rings. The Morgan fingerprint density at radius 1 is 1.17 bits per heavy atom. The third-order valence-corrected chi connectivity index (χ3v) is 4.09. The lowest BCUT2D eigenvalue weighted by atomic mass is 10.1. The third-order valence-electron chi connectivity index (χ3n) is 4.09. The molecule has 8 nitrogen and oxygen atoms in total. The zero-order valence-electron chi connectivity index (χ0n) is 16.1. The van der Waals surface area contributed by atoms with E-state index in [-0.39, 0.29) is 13.0 Å². The van der Waals surface area contributed by atoms with E-state index in [1.807, 2.05) is 31.2 Å². The maximum atomic E-state index is 10.8. The Labute approximate surface area is 168 Å². The number of aliphatic carboxylic acids is 1. The van der Waals surface area contributed by atoms with Crippen molar-refractivity contribution in [1.29, 1.82) is 0 Å². The molecule has 8 heteroatoms. The van der Waals surface area contributed by atoms with Gasteiger partial charge in [0.2, 0.25) is 0 Å². The van der Waals surface area contributed by atoms with Crippen LogP contribution < -0.4 is 4.74 Å². The number of hydrogen-bond acceptors (Lipinski definition) is 6. The van der Waals surface area contributed by atoms with Gasteiger partial charge in [0.1, 0.15) is 25.0 Å². The van der Waals surface area contributed by atoms with Gasteiger partial charge in [-0.05, 0) is 41.8 Å². The highest BCUT2D eigenvalue weighted by Crippen LogP contribution is 2.14. The predicted molar refractivity (Wildman–Crippen MR) is 107 cm³/mol. The van der Waals surface area contributed by atoms with E-state index in [4.69, 9.17) is 14.7 Å². The van der Waals surface area contributed by atoms with Crippen LogP contribution in [-0.4, -0.2) is 44.8 Å². The van der Waals surface area contributed by atoms with Gasteiger partial charge in [-0.1, -0.05) is 36.3 Å². The summed E-state index contributed by atoms with van der Waals surface area (Å²) in [6, 6.07) is 14.8. The van der Waals surface area contributed by atoms with Crippen molar-refractivity contribution in [3.8, 4) is 11.4 Å². The molecule has 0 aliphatic rings. The summed E-state index contributed by atoms with van der Waals surface area (Å²) < 4.78 is 7.29. The van der Waals surface area contributed by atoms with Gasteiger partial charge < -0.3 is 14.7 Å².